The summed E-state index contributed by atoms with van der Waals surface area (Å²) >= 11 is 0. The maximum absolute atomic E-state index is 12.5. The number of benzene rings is 1. The van der Waals surface area contributed by atoms with E-state index in [1.165, 1.54) is 19.3 Å². The lowest BCUT2D eigenvalue weighted by atomic mass is 9.53. The van der Waals surface area contributed by atoms with Gasteiger partial charge in [-0.3, -0.25) is 4.79 Å². The van der Waals surface area contributed by atoms with Crippen molar-refractivity contribution in [2.24, 2.45) is 17.8 Å². The van der Waals surface area contributed by atoms with E-state index >= 15 is 0 Å². The smallest absolute Gasteiger partial charge is 0.338 e. The van der Waals surface area contributed by atoms with Gasteiger partial charge in [-0.25, -0.2) is 4.79 Å². The largest absolute Gasteiger partial charge is 0.462 e. The highest BCUT2D eigenvalue weighted by Gasteiger charge is 2.50. The number of anilines is 1. The molecule has 0 atom stereocenters. The Balaban J connectivity index is 1.39. The molecule has 4 bridgehead atoms. The van der Waals surface area contributed by atoms with Gasteiger partial charge in [-0.2, -0.15) is 5.26 Å². The van der Waals surface area contributed by atoms with Crippen molar-refractivity contribution in [1.29, 1.82) is 5.26 Å². The quantitative estimate of drug-likeness (QED) is 0.436. The third kappa shape index (κ3) is 4.14. The van der Waals surface area contributed by atoms with Gasteiger partial charge in [-0.15, -0.1) is 0 Å². The van der Waals surface area contributed by atoms with Crippen LogP contribution in [-0.2, 0) is 9.53 Å². The summed E-state index contributed by atoms with van der Waals surface area (Å²) in [6.07, 6.45) is 9.07. The fourth-order valence-electron chi connectivity index (χ4n) is 5.76. The zero-order valence-corrected chi connectivity index (χ0v) is 16.7. The number of rotatable bonds is 6. The van der Waals surface area contributed by atoms with Crippen molar-refractivity contribution in [3.8, 4) is 6.07 Å². The first kappa shape index (κ1) is 19.5. The van der Waals surface area contributed by atoms with Gasteiger partial charge >= 0.3 is 5.97 Å². The van der Waals surface area contributed by atoms with Gasteiger partial charge in [0.05, 0.1) is 12.2 Å². The Morgan fingerprint density at radius 3 is 2.24 bits per heavy atom. The minimum Gasteiger partial charge on any atom is -0.462 e. The van der Waals surface area contributed by atoms with Crippen LogP contribution in [0.1, 0.15) is 55.8 Å². The molecule has 0 aliphatic heterocycles. The average molecular weight is 393 g/mol. The number of nitrogens with one attached hydrogen (secondary N) is 2. The molecule has 1 amide bonds. The Bertz CT molecular complexity index is 831. The fraction of sp³-hybridized carbons (Fsp3) is 0.522. The number of esters is 1. The van der Waals surface area contributed by atoms with Gasteiger partial charge in [0.1, 0.15) is 11.6 Å². The van der Waals surface area contributed by atoms with Gasteiger partial charge in [0.25, 0.3) is 5.91 Å². The van der Waals surface area contributed by atoms with Crippen molar-refractivity contribution < 1.29 is 14.3 Å². The molecule has 2 N–H and O–H groups in total. The van der Waals surface area contributed by atoms with E-state index in [-0.39, 0.29) is 11.1 Å². The summed E-state index contributed by atoms with van der Waals surface area (Å²) in [6.45, 7) is 2.06. The fourth-order valence-corrected chi connectivity index (χ4v) is 5.76. The summed E-state index contributed by atoms with van der Waals surface area (Å²) in [5.41, 5.74) is 1.07. The standard InChI is InChI=1S/C23H27N3O3/c1-2-29-22(28)18-3-5-20(6-4-18)26-21(27)19(13-24)14-25-23-10-15-7-16(11-23)9-17(8-15)12-23/h3-6,14-17,25H,2,7-12H2,1H3,(H,26,27)/b19-14-. The molecule has 4 fully saturated rings. The van der Waals surface area contributed by atoms with Crippen LogP contribution in [0.5, 0.6) is 0 Å². The van der Waals surface area contributed by atoms with Gasteiger partial charge in [0, 0.05) is 17.4 Å². The van der Waals surface area contributed by atoms with E-state index in [4.69, 9.17) is 4.74 Å². The molecule has 0 spiro atoms. The number of hydrogen-bond acceptors (Lipinski definition) is 5. The summed E-state index contributed by atoms with van der Waals surface area (Å²) < 4.78 is 4.95. The van der Waals surface area contributed by atoms with E-state index in [0.29, 0.717) is 17.9 Å². The second kappa shape index (κ2) is 7.90. The molecule has 0 heterocycles. The molecular weight excluding hydrogens is 366 g/mol. The third-order valence-corrected chi connectivity index (χ3v) is 6.58. The summed E-state index contributed by atoms with van der Waals surface area (Å²) in [4.78, 5) is 24.3. The van der Waals surface area contributed by atoms with Crippen molar-refractivity contribution in [2.75, 3.05) is 11.9 Å². The predicted molar refractivity (Wildman–Crippen MR) is 109 cm³/mol. The van der Waals surface area contributed by atoms with Crippen LogP contribution in [0.15, 0.2) is 36.0 Å². The minimum atomic E-state index is -0.450. The van der Waals surface area contributed by atoms with Crippen molar-refractivity contribution in [3.63, 3.8) is 0 Å². The SMILES string of the molecule is CCOC(=O)c1ccc(NC(=O)/C(C#N)=C\NC23CC4CC(CC(C4)C2)C3)cc1. The molecule has 0 saturated heterocycles. The van der Waals surface area contributed by atoms with Crippen molar-refractivity contribution >= 4 is 17.6 Å². The van der Waals surface area contributed by atoms with Gasteiger partial charge in [0.2, 0.25) is 0 Å². The van der Waals surface area contributed by atoms with E-state index in [9.17, 15) is 14.9 Å². The number of ether oxygens (including phenoxy) is 1. The minimum absolute atomic E-state index is 0.0540. The molecule has 6 nitrogen and oxygen atoms in total. The highest BCUT2D eigenvalue weighted by atomic mass is 16.5. The van der Waals surface area contributed by atoms with Gasteiger partial charge in [0.15, 0.2) is 0 Å². The molecule has 4 aliphatic rings. The van der Waals surface area contributed by atoms with Crippen molar-refractivity contribution in [2.45, 2.75) is 51.0 Å². The Morgan fingerprint density at radius 2 is 1.72 bits per heavy atom. The molecule has 152 valence electrons. The van der Waals surface area contributed by atoms with Crippen LogP contribution in [0.3, 0.4) is 0 Å². The van der Waals surface area contributed by atoms with Crippen LogP contribution in [0, 0.1) is 29.1 Å². The van der Waals surface area contributed by atoms with E-state index in [2.05, 4.69) is 10.6 Å². The first-order valence-corrected chi connectivity index (χ1v) is 10.5. The Hall–Kier alpha value is -2.81. The molecule has 4 aliphatic carbocycles. The van der Waals surface area contributed by atoms with Gasteiger partial charge < -0.3 is 15.4 Å². The summed E-state index contributed by atoms with van der Waals surface area (Å²) in [6, 6.07) is 8.46. The zero-order chi connectivity index (χ0) is 20.4. The normalized spacial score (nSPS) is 29.8. The molecule has 1 aromatic carbocycles. The van der Waals surface area contributed by atoms with Crippen molar-refractivity contribution in [3.05, 3.63) is 41.6 Å². The summed E-state index contributed by atoms with van der Waals surface area (Å²) in [5, 5.41) is 15.7. The molecule has 0 aromatic heterocycles. The van der Waals surface area contributed by atoms with Crippen molar-refractivity contribution in [1.82, 2.24) is 5.32 Å². The number of carbonyl (C=O) groups excluding carboxylic acids is 2. The van der Waals surface area contributed by atoms with Gasteiger partial charge in [-0.1, -0.05) is 0 Å². The number of amides is 1. The van der Waals surface area contributed by atoms with Gasteiger partial charge in [-0.05, 0) is 87.5 Å². The first-order valence-electron chi connectivity index (χ1n) is 10.5. The number of nitrogens with zero attached hydrogens (tertiary/aromatic N) is 1. The lowest BCUT2D eigenvalue weighted by Gasteiger charge is -2.56. The Labute approximate surface area is 171 Å². The zero-order valence-electron chi connectivity index (χ0n) is 16.7. The average Bonchev–Trinajstić information content (AvgIpc) is 2.68. The lowest BCUT2D eigenvalue weighted by molar-refractivity contribution is -0.112. The first-order chi connectivity index (χ1) is 14.0. The number of carbonyl (C=O) groups is 2. The summed E-state index contributed by atoms with van der Waals surface area (Å²) in [7, 11) is 0. The third-order valence-electron chi connectivity index (χ3n) is 6.58. The molecular formula is C23H27N3O3. The van der Waals surface area contributed by atoms with E-state index in [1.807, 2.05) is 6.07 Å². The van der Waals surface area contributed by atoms with Crippen LogP contribution in [0.25, 0.3) is 0 Å². The highest BCUT2D eigenvalue weighted by molar-refractivity contribution is 6.06. The molecule has 29 heavy (non-hydrogen) atoms. The second-order valence-corrected chi connectivity index (χ2v) is 8.76. The van der Waals surface area contributed by atoms with Crippen LogP contribution < -0.4 is 10.6 Å². The number of nitriles is 1. The van der Waals surface area contributed by atoms with E-state index in [1.54, 1.807) is 37.4 Å². The molecule has 0 unspecified atom stereocenters. The Kier molecular flexibility index (Phi) is 5.31. The molecule has 4 saturated carbocycles. The van der Waals surface area contributed by atoms with E-state index < -0.39 is 11.9 Å². The monoisotopic (exact) mass is 393 g/mol. The topological polar surface area (TPSA) is 91.2 Å². The number of hydrogen-bond donors (Lipinski definition) is 2. The maximum atomic E-state index is 12.5. The van der Waals surface area contributed by atoms with Crippen LogP contribution >= 0.6 is 0 Å². The maximum Gasteiger partial charge on any atom is 0.338 e. The second-order valence-electron chi connectivity index (χ2n) is 8.76. The Morgan fingerprint density at radius 1 is 1.14 bits per heavy atom. The predicted octanol–water partition coefficient (Wildman–Crippen LogP) is 3.77. The van der Waals surface area contributed by atoms with Crippen LogP contribution in [0.2, 0.25) is 0 Å². The van der Waals surface area contributed by atoms with Crippen LogP contribution in [-0.4, -0.2) is 24.0 Å². The molecule has 0 radical (unpaired) electrons. The van der Waals surface area contributed by atoms with E-state index in [0.717, 1.165) is 37.0 Å². The highest BCUT2D eigenvalue weighted by Crippen LogP contribution is 2.55. The molecule has 6 heteroatoms. The molecule has 5 rings (SSSR count). The summed E-state index contributed by atoms with van der Waals surface area (Å²) in [5.74, 6) is 1.52. The lowest BCUT2D eigenvalue weighted by Crippen LogP contribution is -2.57. The van der Waals surface area contributed by atoms with Crippen LogP contribution in [0.4, 0.5) is 5.69 Å². The molecule has 1 aromatic rings.